The van der Waals surface area contributed by atoms with Crippen molar-refractivity contribution >= 4 is 17.2 Å². The summed E-state index contributed by atoms with van der Waals surface area (Å²) in [5, 5.41) is 16.2. The van der Waals surface area contributed by atoms with Gasteiger partial charge < -0.3 is 10.0 Å². The summed E-state index contributed by atoms with van der Waals surface area (Å²) in [7, 11) is 1.60. The van der Waals surface area contributed by atoms with Crippen LogP contribution in [0.25, 0.3) is 0 Å². The lowest BCUT2D eigenvalue weighted by Gasteiger charge is -2.26. The summed E-state index contributed by atoms with van der Waals surface area (Å²) in [5.41, 5.74) is -0.298. The second-order valence-electron chi connectivity index (χ2n) is 5.83. The molecule has 3 heterocycles. The average molecular weight is 336 g/mol. The second-order valence-corrected chi connectivity index (χ2v) is 6.81. The van der Waals surface area contributed by atoms with Gasteiger partial charge in [-0.15, -0.1) is 11.3 Å². The Morgan fingerprint density at radius 3 is 3.04 bits per heavy atom. The lowest BCUT2D eigenvalue weighted by molar-refractivity contribution is -0.133. The molecule has 0 unspecified atom stereocenters. The van der Waals surface area contributed by atoms with E-state index in [2.05, 4.69) is 5.10 Å². The molecule has 1 N–H and O–H groups in total. The summed E-state index contributed by atoms with van der Waals surface area (Å²) in [4.78, 5) is 27.0. The van der Waals surface area contributed by atoms with Gasteiger partial charge >= 0.3 is 5.69 Å². The highest BCUT2D eigenvalue weighted by atomic mass is 32.1. The zero-order valence-electron chi connectivity index (χ0n) is 13.0. The van der Waals surface area contributed by atoms with Gasteiger partial charge in [0.2, 0.25) is 5.91 Å². The largest absolute Gasteiger partial charge is 0.387 e. The average Bonchev–Trinajstić information content (AvgIpc) is 3.25. The van der Waals surface area contributed by atoms with Gasteiger partial charge in [-0.1, -0.05) is 6.07 Å². The van der Waals surface area contributed by atoms with Gasteiger partial charge in [-0.2, -0.15) is 5.10 Å². The van der Waals surface area contributed by atoms with Crippen molar-refractivity contribution in [2.24, 2.45) is 7.05 Å². The highest BCUT2D eigenvalue weighted by Crippen LogP contribution is 2.29. The lowest BCUT2D eigenvalue weighted by atomic mass is 10.1. The van der Waals surface area contributed by atoms with Crippen LogP contribution in [-0.4, -0.2) is 42.8 Å². The van der Waals surface area contributed by atoms with Gasteiger partial charge in [-0.3, -0.25) is 9.36 Å². The molecule has 0 radical (unpaired) electrons. The second kappa shape index (κ2) is 6.67. The molecule has 0 bridgehead atoms. The van der Waals surface area contributed by atoms with E-state index in [0.29, 0.717) is 13.0 Å². The molecule has 7 nitrogen and oxygen atoms in total. The van der Waals surface area contributed by atoms with Crippen molar-refractivity contribution < 1.29 is 9.90 Å². The summed E-state index contributed by atoms with van der Waals surface area (Å²) >= 11 is 1.52. The topological polar surface area (TPSA) is 80.4 Å². The van der Waals surface area contributed by atoms with E-state index < -0.39 is 6.10 Å². The molecule has 1 aliphatic heterocycles. The fourth-order valence-electron chi connectivity index (χ4n) is 3.01. The van der Waals surface area contributed by atoms with Crippen LogP contribution in [-0.2, 0) is 18.4 Å². The molecule has 124 valence electrons. The van der Waals surface area contributed by atoms with Crippen LogP contribution in [0.1, 0.15) is 30.2 Å². The predicted molar refractivity (Wildman–Crippen MR) is 86.1 cm³/mol. The number of hydrogen-bond acceptors (Lipinski definition) is 5. The number of aryl methyl sites for hydroxylation is 1. The summed E-state index contributed by atoms with van der Waals surface area (Å²) in [6, 6.07) is 3.83. The highest BCUT2D eigenvalue weighted by Gasteiger charge is 2.31. The number of carbonyl (C=O) groups is 1. The Kier molecular flexibility index (Phi) is 4.63. The molecule has 0 aromatic carbocycles. The van der Waals surface area contributed by atoms with Gasteiger partial charge in [0.05, 0.1) is 6.10 Å². The zero-order valence-corrected chi connectivity index (χ0v) is 13.8. The third-order valence-corrected chi connectivity index (χ3v) is 5.21. The Hall–Kier alpha value is -1.93. The van der Waals surface area contributed by atoms with E-state index in [1.54, 1.807) is 11.9 Å². The van der Waals surface area contributed by atoms with Crippen molar-refractivity contribution in [2.75, 3.05) is 6.54 Å². The van der Waals surface area contributed by atoms with Gasteiger partial charge in [0.15, 0.2) is 0 Å². The monoisotopic (exact) mass is 336 g/mol. The summed E-state index contributed by atoms with van der Waals surface area (Å²) in [6.45, 7) is 0.619. The van der Waals surface area contributed by atoms with Crippen molar-refractivity contribution in [2.45, 2.75) is 38.0 Å². The molecule has 0 spiro atoms. The number of nitrogens with zero attached hydrogens (tertiary/aromatic N) is 4. The zero-order chi connectivity index (χ0) is 16.4. The molecule has 3 rings (SSSR count). The first kappa shape index (κ1) is 15.9. The number of amides is 1. The number of aliphatic hydroxyl groups excluding tert-OH is 1. The van der Waals surface area contributed by atoms with E-state index in [-0.39, 0.29) is 24.2 Å². The minimum absolute atomic E-state index is 0.0130. The minimum Gasteiger partial charge on any atom is -0.387 e. The minimum atomic E-state index is -0.550. The maximum atomic E-state index is 12.5. The van der Waals surface area contributed by atoms with E-state index in [0.717, 1.165) is 17.7 Å². The molecule has 0 aliphatic carbocycles. The number of hydrogen-bond donors (Lipinski definition) is 1. The molecule has 2 aromatic rings. The Labute approximate surface area is 137 Å². The number of likely N-dealkylation sites (tertiary alicyclic amines) is 1. The van der Waals surface area contributed by atoms with E-state index in [4.69, 9.17) is 0 Å². The first-order valence-electron chi connectivity index (χ1n) is 7.65. The van der Waals surface area contributed by atoms with Crippen molar-refractivity contribution in [1.82, 2.24) is 19.2 Å². The Balaban J connectivity index is 1.65. The molecule has 2 aromatic heterocycles. The van der Waals surface area contributed by atoms with Crippen LogP contribution < -0.4 is 5.69 Å². The molecule has 1 fully saturated rings. The Morgan fingerprint density at radius 1 is 1.57 bits per heavy atom. The van der Waals surface area contributed by atoms with Crippen molar-refractivity contribution in [3.8, 4) is 0 Å². The molecule has 1 aliphatic rings. The summed E-state index contributed by atoms with van der Waals surface area (Å²) in [6.07, 6.45) is 3.18. The third kappa shape index (κ3) is 3.37. The van der Waals surface area contributed by atoms with E-state index in [1.807, 2.05) is 17.5 Å². The molecule has 2 atom stereocenters. The maximum Gasteiger partial charge on any atom is 0.345 e. The molecular weight excluding hydrogens is 316 g/mol. The highest BCUT2D eigenvalue weighted by molar-refractivity contribution is 7.10. The van der Waals surface area contributed by atoms with Gasteiger partial charge in [-0.25, -0.2) is 9.48 Å². The summed E-state index contributed by atoms with van der Waals surface area (Å²) in [5.74, 6) is -0.119. The van der Waals surface area contributed by atoms with Crippen LogP contribution in [0.5, 0.6) is 0 Å². The predicted octanol–water partition coefficient (Wildman–Crippen LogP) is 0.758. The van der Waals surface area contributed by atoms with Crippen molar-refractivity contribution in [1.29, 1.82) is 0 Å². The van der Waals surface area contributed by atoms with Crippen LogP contribution in [0.2, 0.25) is 0 Å². The number of rotatable bonds is 5. The maximum absolute atomic E-state index is 12.5. The van der Waals surface area contributed by atoms with Crippen molar-refractivity contribution in [3.63, 3.8) is 0 Å². The number of aromatic nitrogens is 3. The normalized spacial score (nSPS) is 19.2. The van der Waals surface area contributed by atoms with Crippen molar-refractivity contribution in [3.05, 3.63) is 39.2 Å². The molecule has 23 heavy (non-hydrogen) atoms. The van der Waals surface area contributed by atoms with Gasteiger partial charge in [0.1, 0.15) is 12.9 Å². The quantitative estimate of drug-likeness (QED) is 0.874. The number of aliphatic hydroxyl groups is 1. The third-order valence-electron chi connectivity index (χ3n) is 4.24. The van der Waals surface area contributed by atoms with Gasteiger partial charge in [0.25, 0.3) is 0 Å². The molecular formula is C15H20N4O3S. The number of carbonyl (C=O) groups excluding carboxylic acids is 1. The molecule has 0 saturated carbocycles. The fourth-order valence-corrected chi connectivity index (χ4v) is 3.74. The molecule has 8 heteroatoms. The van der Waals surface area contributed by atoms with Gasteiger partial charge in [0, 0.05) is 24.5 Å². The summed E-state index contributed by atoms with van der Waals surface area (Å²) < 4.78 is 2.52. The van der Waals surface area contributed by atoms with Crippen LogP contribution in [0, 0.1) is 0 Å². The van der Waals surface area contributed by atoms with Gasteiger partial charge in [-0.05, 0) is 30.7 Å². The first-order valence-corrected chi connectivity index (χ1v) is 8.53. The van der Waals surface area contributed by atoms with E-state index in [1.165, 1.54) is 26.9 Å². The lowest BCUT2D eigenvalue weighted by Crippen LogP contribution is -2.40. The van der Waals surface area contributed by atoms with Crippen LogP contribution in [0.15, 0.2) is 28.6 Å². The van der Waals surface area contributed by atoms with Crippen LogP contribution in [0.4, 0.5) is 0 Å². The first-order chi connectivity index (χ1) is 11.1. The molecule has 1 amide bonds. The van der Waals surface area contributed by atoms with Crippen LogP contribution in [0.3, 0.4) is 0 Å². The SMILES string of the molecule is Cn1cnn(CC(=O)N2CCC[C@H]2C[C@H](O)c2cccs2)c1=O. The fraction of sp³-hybridized carbons (Fsp3) is 0.533. The number of thiophene rings is 1. The Bertz CT molecular complexity index is 721. The van der Waals surface area contributed by atoms with E-state index in [9.17, 15) is 14.7 Å². The standard InChI is InChI=1S/C15H20N4O3S/c1-17-10-16-19(15(17)22)9-14(21)18-6-2-4-11(18)8-12(20)13-5-3-7-23-13/h3,5,7,10-12,20H,2,4,6,8-9H2,1H3/t11-,12-/m0/s1. The molecule has 1 saturated heterocycles. The van der Waals surface area contributed by atoms with Crippen LogP contribution >= 0.6 is 11.3 Å². The smallest absolute Gasteiger partial charge is 0.345 e. The van der Waals surface area contributed by atoms with E-state index >= 15 is 0 Å². The Morgan fingerprint density at radius 2 is 2.39 bits per heavy atom.